The number of nitrogens with two attached hydrogens (primary N) is 1. The van der Waals surface area contributed by atoms with Gasteiger partial charge in [-0.05, 0) is 58.0 Å². The Morgan fingerprint density at radius 2 is 1.90 bits per heavy atom. The minimum Gasteiger partial charge on any atom is -0.354 e. The fourth-order valence-electron chi connectivity index (χ4n) is 3.83. The highest BCUT2D eigenvalue weighted by atomic mass is 16.1. The summed E-state index contributed by atoms with van der Waals surface area (Å²) in [6.07, 6.45) is 8.42. The molecule has 0 aromatic heterocycles. The topological polar surface area (TPSA) is 58.4 Å². The second-order valence-electron chi connectivity index (χ2n) is 7.17. The lowest BCUT2D eigenvalue weighted by Crippen LogP contribution is -2.46. The van der Waals surface area contributed by atoms with Crippen molar-refractivity contribution in [3.63, 3.8) is 0 Å². The van der Waals surface area contributed by atoms with E-state index in [1.165, 1.54) is 38.8 Å². The van der Waals surface area contributed by atoms with Crippen molar-refractivity contribution < 1.29 is 4.79 Å². The highest BCUT2D eigenvalue weighted by molar-refractivity contribution is 5.78. The first-order valence-corrected chi connectivity index (χ1v) is 8.85. The molecule has 0 radical (unpaired) electrons. The van der Waals surface area contributed by atoms with E-state index in [9.17, 15) is 4.79 Å². The molecule has 1 saturated heterocycles. The predicted octanol–water partition coefficient (Wildman–Crippen LogP) is 2.13. The predicted molar refractivity (Wildman–Crippen MR) is 87.0 cm³/mol. The van der Waals surface area contributed by atoms with Crippen LogP contribution >= 0.6 is 0 Å². The minimum atomic E-state index is 0.102. The van der Waals surface area contributed by atoms with Crippen LogP contribution in [0.4, 0.5) is 0 Å². The highest BCUT2D eigenvalue weighted by Crippen LogP contribution is 2.29. The van der Waals surface area contributed by atoms with Gasteiger partial charge in [-0.1, -0.05) is 19.8 Å². The fraction of sp³-hybridized carbons (Fsp3) is 0.941. The van der Waals surface area contributed by atoms with E-state index in [1.807, 2.05) is 0 Å². The van der Waals surface area contributed by atoms with Crippen molar-refractivity contribution >= 4 is 5.91 Å². The maximum atomic E-state index is 12.4. The van der Waals surface area contributed by atoms with E-state index < -0.39 is 0 Å². The molecule has 0 aromatic carbocycles. The summed E-state index contributed by atoms with van der Waals surface area (Å²) in [5.74, 6) is 0.793. The van der Waals surface area contributed by atoms with Crippen molar-refractivity contribution in [1.29, 1.82) is 0 Å². The Morgan fingerprint density at radius 3 is 2.57 bits per heavy atom. The van der Waals surface area contributed by atoms with E-state index in [1.54, 1.807) is 0 Å². The van der Waals surface area contributed by atoms with Crippen LogP contribution in [0.5, 0.6) is 0 Å². The van der Waals surface area contributed by atoms with Crippen molar-refractivity contribution in [1.82, 2.24) is 10.2 Å². The molecule has 3 N–H and O–H groups in total. The van der Waals surface area contributed by atoms with Crippen LogP contribution in [0.3, 0.4) is 0 Å². The summed E-state index contributed by atoms with van der Waals surface area (Å²) < 4.78 is 0. The molecule has 1 saturated carbocycles. The Labute approximate surface area is 129 Å². The lowest BCUT2D eigenvalue weighted by molar-refractivity contribution is -0.126. The van der Waals surface area contributed by atoms with Crippen molar-refractivity contribution in [2.45, 2.75) is 70.9 Å². The number of nitrogens with one attached hydrogen (secondary N) is 1. The van der Waals surface area contributed by atoms with Crippen LogP contribution in [0.15, 0.2) is 0 Å². The van der Waals surface area contributed by atoms with Gasteiger partial charge in [0.1, 0.15) is 0 Å². The van der Waals surface area contributed by atoms with Gasteiger partial charge in [-0.15, -0.1) is 0 Å². The lowest BCUT2D eigenvalue weighted by Gasteiger charge is -2.33. The molecule has 1 aliphatic heterocycles. The Balaban J connectivity index is 1.72. The fourth-order valence-corrected chi connectivity index (χ4v) is 3.83. The van der Waals surface area contributed by atoms with Crippen molar-refractivity contribution in [3.05, 3.63) is 0 Å². The number of piperidine rings is 1. The largest absolute Gasteiger partial charge is 0.354 e. The van der Waals surface area contributed by atoms with Crippen LogP contribution < -0.4 is 11.1 Å². The molecule has 2 fully saturated rings. The standard InChI is InChI=1S/C17H33N3O/c1-13(20-9-4-3-5-10-20)12-19-17(21)14(2)15-7-6-8-16(18)11-15/h13-16H,3-12,18H2,1-2H3,(H,19,21). The first-order valence-electron chi connectivity index (χ1n) is 8.85. The first kappa shape index (κ1) is 16.8. The molecule has 1 aliphatic carbocycles. The van der Waals surface area contributed by atoms with Gasteiger partial charge in [0.25, 0.3) is 0 Å². The smallest absolute Gasteiger partial charge is 0.223 e. The number of rotatable bonds is 5. The quantitative estimate of drug-likeness (QED) is 0.817. The minimum absolute atomic E-state index is 0.102. The summed E-state index contributed by atoms with van der Waals surface area (Å²) in [6.45, 7) is 7.45. The lowest BCUT2D eigenvalue weighted by atomic mass is 9.78. The van der Waals surface area contributed by atoms with Crippen molar-refractivity contribution in [2.75, 3.05) is 19.6 Å². The number of hydrogen-bond acceptors (Lipinski definition) is 3. The number of nitrogens with zero attached hydrogens (tertiary/aromatic N) is 1. The molecule has 4 nitrogen and oxygen atoms in total. The van der Waals surface area contributed by atoms with E-state index in [0.717, 1.165) is 25.8 Å². The zero-order valence-electron chi connectivity index (χ0n) is 13.8. The molecule has 4 heteroatoms. The summed E-state index contributed by atoms with van der Waals surface area (Å²) in [6, 6.07) is 0.751. The van der Waals surface area contributed by atoms with Gasteiger partial charge in [-0.3, -0.25) is 9.69 Å². The Morgan fingerprint density at radius 1 is 1.19 bits per heavy atom. The molecule has 1 amide bonds. The van der Waals surface area contributed by atoms with Crippen molar-refractivity contribution in [2.24, 2.45) is 17.6 Å². The Hall–Kier alpha value is -0.610. The van der Waals surface area contributed by atoms with Crippen molar-refractivity contribution in [3.8, 4) is 0 Å². The third-order valence-corrected chi connectivity index (χ3v) is 5.46. The molecular weight excluding hydrogens is 262 g/mol. The second kappa shape index (κ2) is 8.14. The van der Waals surface area contributed by atoms with E-state index in [-0.39, 0.29) is 11.8 Å². The molecular formula is C17H33N3O. The Bertz CT molecular complexity index is 328. The van der Waals surface area contributed by atoms with E-state index in [0.29, 0.717) is 18.0 Å². The van der Waals surface area contributed by atoms with Gasteiger partial charge in [0.05, 0.1) is 0 Å². The van der Waals surface area contributed by atoms with Gasteiger partial charge in [-0.2, -0.15) is 0 Å². The maximum absolute atomic E-state index is 12.4. The molecule has 0 spiro atoms. The molecule has 2 rings (SSSR count). The molecule has 122 valence electrons. The average Bonchev–Trinajstić information content (AvgIpc) is 2.52. The number of carbonyl (C=O) groups is 1. The Kier molecular flexibility index (Phi) is 6.49. The molecule has 1 heterocycles. The summed E-state index contributed by atoms with van der Waals surface area (Å²) in [5.41, 5.74) is 6.04. The van der Waals surface area contributed by atoms with Crippen LogP contribution in [-0.4, -0.2) is 42.5 Å². The molecule has 0 aromatic rings. The summed E-state index contributed by atoms with van der Waals surface area (Å²) >= 11 is 0. The van der Waals surface area contributed by atoms with Crippen LogP contribution in [0.25, 0.3) is 0 Å². The van der Waals surface area contributed by atoms with Crippen LogP contribution in [0, 0.1) is 11.8 Å². The zero-order chi connectivity index (χ0) is 15.2. The number of hydrogen-bond donors (Lipinski definition) is 2. The third kappa shape index (κ3) is 4.96. The van der Waals surface area contributed by atoms with Gasteiger partial charge in [0, 0.05) is 24.5 Å². The van der Waals surface area contributed by atoms with Gasteiger partial charge < -0.3 is 11.1 Å². The summed E-state index contributed by atoms with van der Waals surface area (Å²) in [7, 11) is 0. The SMILES string of the molecule is CC(C(=O)NCC(C)N1CCCCC1)C1CCCC(N)C1. The zero-order valence-corrected chi connectivity index (χ0v) is 13.8. The van der Waals surface area contributed by atoms with Gasteiger partial charge in [0.15, 0.2) is 0 Å². The van der Waals surface area contributed by atoms with Gasteiger partial charge in [-0.25, -0.2) is 0 Å². The maximum Gasteiger partial charge on any atom is 0.223 e. The van der Waals surface area contributed by atoms with Crippen LogP contribution in [-0.2, 0) is 4.79 Å². The van der Waals surface area contributed by atoms with E-state index >= 15 is 0 Å². The van der Waals surface area contributed by atoms with E-state index in [2.05, 4.69) is 24.1 Å². The highest BCUT2D eigenvalue weighted by Gasteiger charge is 2.28. The number of likely N-dealkylation sites (tertiary alicyclic amines) is 1. The third-order valence-electron chi connectivity index (χ3n) is 5.46. The number of amides is 1. The molecule has 4 unspecified atom stereocenters. The second-order valence-corrected chi connectivity index (χ2v) is 7.17. The van der Waals surface area contributed by atoms with Crippen LogP contribution in [0.1, 0.15) is 58.8 Å². The average molecular weight is 295 g/mol. The molecule has 4 atom stereocenters. The molecule has 2 aliphatic rings. The number of carbonyl (C=O) groups excluding carboxylic acids is 1. The van der Waals surface area contributed by atoms with Gasteiger partial charge in [0.2, 0.25) is 5.91 Å². The first-order chi connectivity index (χ1) is 10.1. The monoisotopic (exact) mass is 295 g/mol. The normalized spacial score (nSPS) is 30.6. The molecule has 21 heavy (non-hydrogen) atoms. The van der Waals surface area contributed by atoms with Crippen LogP contribution in [0.2, 0.25) is 0 Å². The summed E-state index contributed by atoms with van der Waals surface area (Å²) in [4.78, 5) is 14.9. The van der Waals surface area contributed by atoms with Gasteiger partial charge >= 0.3 is 0 Å². The van der Waals surface area contributed by atoms with E-state index in [4.69, 9.17) is 5.73 Å². The summed E-state index contributed by atoms with van der Waals surface area (Å²) in [5, 5.41) is 3.17. The molecule has 0 bridgehead atoms.